The molecular formula is C15H19F2N3O3. The van der Waals surface area contributed by atoms with Gasteiger partial charge in [-0.25, -0.2) is 4.99 Å². The summed E-state index contributed by atoms with van der Waals surface area (Å²) in [5.74, 6) is 1.18. The van der Waals surface area contributed by atoms with Gasteiger partial charge in [0.15, 0.2) is 17.5 Å². The van der Waals surface area contributed by atoms with Crippen LogP contribution in [0.25, 0.3) is 0 Å². The molecule has 23 heavy (non-hydrogen) atoms. The van der Waals surface area contributed by atoms with E-state index in [4.69, 9.17) is 15.2 Å². The van der Waals surface area contributed by atoms with E-state index in [1.165, 1.54) is 18.9 Å². The quantitative estimate of drug-likeness (QED) is 0.641. The van der Waals surface area contributed by atoms with Gasteiger partial charge in [-0.3, -0.25) is 0 Å². The van der Waals surface area contributed by atoms with Crippen LogP contribution in [-0.4, -0.2) is 25.4 Å². The molecule has 0 atom stereocenters. The average Bonchev–Trinajstić information content (AvgIpc) is 3.15. The maximum absolute atomic E-state index is 12.6. The van der Waals surface area contributed by atoms with Gasteiger partial charge in [0.2, 0.25) is 6.79 Å². The topological polar surface area (TPSA) is 78.1 Å². The van der Waals surface area contributed by atoms with E-state index in [0.717, 1.165) is 12.8 Å². The Morgan fingerprint density at radius 2 is 2.00 bits per heavy atom. The summed E-state index contributed by atoms with van der Waals surface area (Å²) in [6, 6.07) is 3.32. The highest BCUT2D eigenvalue weighted by Crippen LogP contribution is 2.39. The van der Waals surface area contributed by atoms with E-state index >= 15 is 0 Å². The van der Waals surface area contributed by atoms with Crippen molar-refractivity contribution in [3.05, 3.63) is 17.7 Å². The summed E-state index contributed by atoms with van der Waals surface area (Å²) in [7, 11) is 0. The van der Waals surface area contributed by atoms with E-state index in [0.29, 0.717) is 29.1 Å². The first-order valence-electron chi connectivity index (χ1n) is 7.55. The Bertz CT molecular complexity index is 590. The van der Waals surface area contributed by atoms with Crippen LogP contribution in [0.3, 0.4) is 0 Å². The van der Waals surface area contributed by atoms with Crippen molar-refractivity contribution in [1.29, 1.82) is 0 Å². The molecule has 1 aromatic rings. The number of rotatable bonds is 5. The Hall–Kier alpha value is -2.25. The summed E-state index contributed by atoms with van der Waals surface area (Å²) in [5, 5.41) is 3.14. The van der Waals surface area contributed by atoms with Gasteiger partial charge < -0.3 is 25.3 Å². The number of aliphatic imine (C=N–C) groups is 1. The molecule has 0 bridgehead atoms. The van der Waals surface area contributed by atoms with Crippen LogP contribution in [0.4, 0.5) is 8.78 Å². The van der Waals surface area contributed by atoms with Gasteiger partial charge in [-0.05, 0) is 18.9 Å². The van der Waals surface area contributed by atoms with Crippen molar-refractivity contribution >= 4 is 5.96 Å². The molecule has 0 unspecified atom stereocenters. The third-order valence-electron chi connectivity index (χ3n) is 3.90. The number of nitrogens with zero attached hydrogens (tertiary/aromatic N) is 1. The Labute approximate surface area is 132 Å². The van der Waals surface area contributed by atoms with Crippen LogP contribution in [0.2, 0.25) is 0 Å². The third-order valence-corrected chi connectivity index (χ3v) is 3.90. The summed E-state index contributed by atoms with van der Waals surface area (Å²) in [6.07, 6.45) is 4.50. The van der Waals surface area contributed by atoms with Crippen molar-refractivity contribution in [2.75, 3.05) is 6.79 Å². The molecule has 0 radical (unpaired) electrons. The van der Waals surface area contributed by atoms with Crippen molar-refractivity contribution in [2.24, 2.45) is 10.7 Å². The predicted molar refractivity (Wildman–Crippen MR) is 79.9 cm³/mol. The summed E-state index contributed by atoms with van der Waals surface area (Å²) in [4.78, 5) is 4.21. The first kappa shape index (κ1) is 15.6. The highest BCUT2D eigenvalue weighted by molar-refractivity contribution is 5.78. The van der Waals surface area contributed by atoms with Gasteiger partial charge >= 0.3 is 6.61 Å². The number of alkyl halides is 2. The minimum Gasteiger partial charge on any atom is -0.454 e. The fourth-order valence-corrected chi connectivity index (χ4v) is 2.79. The molecule has 0 amide bonds. The molecule has 1 saturated carbocycles. The predicted octanol–water partition coefficient (Wildman–Crippen LogP) is 2.36. The van der Waals surface area contributed by atoms with Crippen LogP contribution in [-0.2, 0) is 6.54 Å². The molecule has 3 rings (SSSR count). The lowest BCUT2D eigenvalue weighted by molar-refractivity contribution is -0.0504. The lowest BCUT2D eigenvalue weighted by Gasteiger charge is -2.13. The number of ether oxygens (including phenoxy) is 3. The first-order chi connectivity index (χ1) is 11.1. The molecule has 126 valence electrons. The second kappa shape index (κ2) is 6.89. The fourth-order valence-electron chi connectivity index (χ4n) is 2.79. The average molecular weight is 327 g/mol. The van der Waals surface area contributed by atoms with Gasteiger partial charge in [0.1, 0.15) is 5.75 Å². The lowest BCUT2D eigenvalue weighted by atomic mass is 10.1. The second-order valence-corrected chi connectivity index (χ2v) is 5.52. The zero-order valence-corrected chi connectivity index (χ0v) is 12.6. The summed E-state index contributed by atoms with van der Waals surface area (Å²) in [6.45, 7) is -2.75. The molecule has 1 heterocycles. The smallest absolute Gasteiger partial charge is 0.387 e. The molecule has 1 aliphatic carbocycles. The molecule has 8 heteroatoms. The molecule has 0 aromatic heterocycles. The van der Waals surface area contributed by atoms with Crippen molar-refractivity contribution in [1.82, 2.24) is 5.32 Å². The number of nitrogens with two attached hydrogens (primary N) is 1. The van der Waals surface area contributed by atoms with E-state index in [-0.39, 0.29) is 19.1 Å². The Morgan fingerprint density at radius 1 is 1.30 bits per heavy atom. The molecule has 2 aliphatic rings. The number of benzene rings is 1. The van der Waals surface area contributed by atoms with Gasteiger partial charge in [0, 0.05) is 17.7 Å². The number of hydrogen-bond acceptors (Lipinski definition) is 4. The number of halogens is 2. The van der Waals surface area contributed by atoms with Gasteiger partial charge in [-0.15, -0.1) is 0 Å². The molecule has 0 spiro atoms. The van der Waals surface area contributed by atoms with Crippen molar-refractivity contribution in [3.8, 4) is 17.2 Å². The van der Waals surface area contributed by atoms with Gasteiger partial charge in [0.05, 0.1) is 6.54 Å². The number of guanidine groups is 1. The van der Waals surface area contributed by atoms with Crippen LogP contribution in [0.5, 0.6) is 17.2 Å². The highest BCUT2D eigenvalue weighted by atomic mass is 19.3. The number of nitrogens with one attached hydrogen (secondary N) is 1. The van der Waals surface area contributed by atoms with Crippen LogP contribution in [0, 0.1) is 0 Å². The van der Waals surface area contributed by atoms with Crippen LogP contribution < -0.4 is 25.3 Å². The van der Waals surface area contributed by atoms with Crippen LogP contribution in [0.15, 0.2) is 17.1 Å². The van der Waals surface area contributed by atoms with E-state index in [1.807, 2.05) is 0 Å². The minimum atomic E-state index is -2.92. The van der Waals surface area contributed by atoms with Crippen molar-refractivity contribution < 1.29 is 23.0 Å². The van der Waals surface area contributed by atoms with E-state index in [9.17, 15) is 8.78 Å². The first-order valence-corrected chi connectivity index (χ1v) is 7.55. The molecular weight excluding hydrogens is 308 g/mol. The maximum Gasteiger partial charge on any atom is 0.387 e. The lowest BCUT2D eigenvalue weighted by Crippen LogP contribution is -2.38. The monoisotopic (exact) mass is 327 g/mol. The van der Waals surface area contributed by atoms with Gasteiger partial charge in [-0.2, -0.15) is 8.78 Å². The van der Waals surface area contributed by atoms with E-state index in [1.54, 1.807) is 6.07 Å². The molecule has 6 nitrogen and oxygen atoms in total. The Balaban J connectivity index is 1.72. The molecule has 3 N–H and O–H groups in total. The van der Waals surface area contributed by atoms with Crippen LogP contribution in [0.1, 0.15) is 31.2 Å². The van der Waals surface area contributed by atoms with Crippen LogP contribution >= 0.6 is 0 Å². The maximum atomic E-state index is 12.6. The van der Waals surface area contributed by atoms with Crippen molar-refractivity contribution in [2.45, 2.75) is 44.9 Å². The zero-order valence-electron chi connectivity index (χ0n) is 12.6. The molecule has 1 aliphatic heterocycles. The standard InChI is InChI=1S/C15H19F2N3O3/c16-14(17)23-11-6-13-12(21-8-22-13)5-9(11)7-19-15(18)20-10-3-1-2-4-10/h5-6,10,14H,1-4,7-8H2,(H3,18,19,20). The minimum absolute atomic E-state index is 0.0154. The summed E-state index contributed by atoms with van der Waals surface area (Å²) in [5.41, 5.74) is 6.32. The molecule has 1 aromatic carbocycles. The number of fused-ring (bicyclic) bond motifs is 1. The van der Waals surface area contributed by atoms with Gasteiger partial charge in [0.25, 0.3) is 0 Å². The van der Waals surface area contributed by atoms with E-state index < -0.39 is 6.61 Å². The second-order valence-electron chi connectivity index (χ2n) is 5.52. The largest absolute Gasteiger partial charge is 0.454 e. The summed E-state index contributed by atoms with van der Waals surface area (Å²) < 4.78 is 40.1. The summed E-state index contributed by atoms with van der Waals surface area (Å²) >= 11 is 0. The third kappa shape index (κ3) is 3.94. The Morgan fingerprint density at radius 3 is 2.70 bits per heavy atom. The zero-order chi connectivity index (χ0) is 16.2. The van der Waals surface area contributed by atoms with Crippen molar-refractivity contribution in [3.63, 3.8) is 0 Å². The SMILES string of the molecule is NC(=NCc1cc2c(cc1OC(F)F)OCO2)NC1CCCC1. The number of hydrogen-bond donors (Lipinski definition) is 2. The van der Waals surface area contributed by atoms with E-state index in [2.05, 4.69) is 15.0 Å². The van der Waals surface area contributed by atoms with Gasteiger partial charge in [-0.1, -0.05) is 12.8 Å². The normalized spacial score (nSPS) is 17.8. The fraction of sp³-hybridized carbons (Fsp3) is 0.533. The molecule has 1 fully saturated rings. The Kier molecular flexibility index (Phi) is 4.68. The highest BCUT2D eigenvalue weighted by Gasteiger charge is 2.20. The molecule has 0 saturated heterocycles.